The Kier molecular flexibility index (Phi) is 3.45. The van der Waals surface area contributed by atoms with Crippen LogP contribution in [0, 0.1) is 17.9 Å². The minimum Gasteiger partial charge on any atom is -0.364 e. The van der Waals surface area contributed by atoms with Gasteiger partial charge in [0.15, 0.2) is 5.78 Å². The van der Waals surface area contributed by atoms with E-state index in [1.165, 1.54) is 0 Å². The molecule has 1 aliphatic heterocycles. The molecule has 1 fully saturated rings. The Hall–Kier alpha value is -1.92. The number of ether oxygens (including phenoxy) is 1. The first-order valence-electron chi connectivity index (χ1n) is 7.76. The molecule has 2 aliphatic rings. The number of carbonyl (C=O) groups is 1. The van der Waals surface area contributed by atoms with Crippen LogP contribution in [0.25, 0.3) is 4.85 Å². The summed E-state index contributed by atoms with van der Waals surface area (Å²) in [5, 5.41) is 0. The van der Waals surface area contributed by atoms with Crippen LogP contribution in [0.1, 0.15) is 45.3 Å². The minimum atomic E-state index is -0.559. The van der Waals surface area contributed by atoms with Crippen molar-refractivity contribution in [1.82, 2.24) is 0 Å². The lowest BCUT2D eigenvalue weighted by Gasteiger charge is -2.52. The fourth-order valence-electron chi connectivity index (χ4n) is 4.07. The molecule has 0 bridgehead atoms. The Labute approximate surface area is 131 Å². The van der Waals surface area contributed by atoms with Crippen LogP contribution in [0.5, 0.6) is 0 Å². The zero-order chi connectivity index (χ0) is 16.0. The number of carbonyl (C=O) groups excluding carboxylic acids is 1. The van der Waals surface area contributed by atoms with Crippen molar-refractivity contribution in [2.24, 2.45) is 11.3 Å². The quantitative estimate of drug-likeness (QED) is 0.722. The highest BCUT2D eigenvalue weighted by atomic mass is 16.5. The van der Waals surface area contributed by atoms with Crippen molar-refractivity contribution in [3.8, 4) is 0 Å². The fourth-order valence-corrected chi connectivity index (χ4v) is 4.07. The van der Waals surface area contributed by atoms with Crippen LogP contribution < -0.4 is 0 Å². The number of hydrogen-bond acceptors (Lipinski definition) is 2. The average Bonchev–Trinajstić information content (AvgIpc) is 2.51. The fraction of sp³-hybridized carbons (Fsp3) is 0.474. The predicted octanol–water partition coefficient (Wildman–Crippen LogP) is 4.33. The molecule has 1 heterocycles. The van der Waals surface area contributed by atoms with Crippen LogP contribution in [-0.4, -0.2) is 11.4 Å². The van der Waals surface area contributed by atoms with Crippen molar-refractivity contribution < 1.29 is 9.53 Å². The van der Waals surface area contributed by atoms with Gasteiger partial charge in [-0.05, 0) is 31.4 Å². The van der Waals surface area contributed by atoms with Gasteiger partial charge in [0.05, 0.1) is 18.3 Å². The first-order valence-corrected chi connectivity index (χ1v) is 7.76. The Bertz CT molecular complexity index is 668. The van der Waals surface area contributed by atoms with Gasteiger partial charge in [-0.1, -0.05) is 44.2 Å². The van der Waals surface area contributed by atoms with Crippen LogP contribution >= 0.6 is 0 Å². The standard InChI is InChI=1S/C19H21NO2/c1-18(2)16-11-10-15(13-8-6-5-7-9-13)22-19(16,3)12-14(20-4)17(18)21/h5-9,12,15-16H,10-11H2,1-3H3. The molecular weight excluding hydrogens is 274 g/mol. The molecule has 1 saturated heterocycles. The largest absolute Gasteiger partial charge is 0.364 e. The molecule has 3 heteroatoms. The molecule has 3 nitrogen and oxygen atoms in total. The number of hydrogen-bond donors (Lipinski definition) is 0. The SMILES string of the molecule is [C-]#[N+]C1=CC2(C)OC(c3ccccc3)CCC2C(C)(C)C1=O. The molecule has 1 aromatic rings. The maximum absolute atomic E-state index is 12.5. The van der Waals surface area contributed by atoms with Crippen LogP contribution in [0.4, 0.5) is 0 Å². The third-order valence-corrected chi connectivity index (χ3v) is 5.21. The summed E-state index contributed by atoms with van der Waals surface area (Å²) in [6, 6.07) is 10.2. The van der Waals surface area contributed by atoms with E-state index in [1.54, 1.807) is 6.08 Å². The highest BCUT2D eigenvalue weighted by Crippen LogP contribution is 2.53. The third kappa shape index (κ3) is 2.19. The molecular formula is C19H21NO2. The van der Waals surface area contributed by atoms with E-state index >= 15 is 0 Å². The maximum Gasteiger partial charge on any atom is 0.228 e. The molecule has 3 rings (SSSR count). The van der Waals surface area contributed by atoms with Gasteiger partial charge in [-0.25, -0.2) is 4.85 Å². The summed E-state index contributed by atoms with van der Waals surface area (Å²) in [6.07, 6.45) is 3.61. The van der Waals surface area contributed by atoms with E-state index in [9.17, 15) is 4.79 Å². The van der Waals surface area contributed by atoms with Crippen LogP contribution in [0.2, 0.25) is 0 Å². The van der Waals surface area contributed by atoms with E-state index in [4.69, 9.17) is 11.3 Å². The first kappa shape index (κ1) is 15.0. The second-order valence-corrected chi connectivity index (χ2v) is 7.02. The van der Waals surface area contributed by atoms with E-state index in [-0.39, 0.29) is 23.5 Å². The molecule has 0 N–H and O–H groups in total. The highest BCUT2D eigenvalue weighted by molar-refractivity contribution is 6.02. The van der Waals surface area contributed by atoms with Gasteiger partial charge in [-0.2, -0.15) is 0 Å². The normalized spacial score (nSPS) is 33.5. The van der Waals surface area contributed by atoms with Crippen LogP contribution in [-0.2, 0) is 9.53 Å². The van der Waals surface area contributed by atoms with Crippen LogP contribution in [0.3, 0.4) is 0 Å². The summed E-state index contributed by atoms with van der Waals surface area (Å²) in [7, 11) is 0. The molecule has 0 amide bonds. The van der Waals surface area contributed by atoms with E-state index < -0.39 is 11.0 Å². The van der Waals surface area contributed by atoms with Crippen LogP contribution in [0.15, 0.2) is 42.1 Å². The van der Waals surface area contributed by atoms with Crippen molar-refractivity contribution in [3.05, 3.63) is 59.1 Å². The lowest BCUT2D eigenvalue weighted by molar-refractivity contribution is -0.168. The topological polar surface area (TPSA) is 30.7 Å². The highest BCUT2D eigenvalue weighted by Gasteiger charge is 2.54. The van der Waals surface area contributed by atoms with Gasteiger partial charge in [0, 0.05) is 11.3 Å². The number of fused-ring (bicyclic) bond motifs is 1. The summed E-state index contributed by atoms with van der Waals surface area (Å²) in [5.74, 6) is 0.0599. The Morgan fingerprint density at radius 1 is 1.18 bits per heavy atom. The Morgan fingerprint density at radius 2 is 1.86 bits per heavy atom. The monoisotopic (exact) mass is 295 g/mol. The smallest absolute Gasteiger partial charge is 0.228 e. The zero-order valence-electron chi connectivity index (χ0n) is 13.3. The summed E-state index contributed by atoms with van der Waals surface area (Å²) >= 11 is 0. The zero-order valence-corrected chi connectivity index (χ0v) is 13.3. The molecule has 0 radical (unpaired) electrons. The molecule has 22 heavy (non-hydrogen) atoms. The van der Waals surface area contributed by atoms with Gasteiger partial charge >= 0.3 is 0 Å². The van der Waals surface area contributed by atoms with E-state index in [0.29, 0.717) is 0 Å². The maximum atomic E-state index is 12.5. The molecule has 0 spiro atoms. The lowest BCUT2D eigenvalue weighted by Crippen LogP contribution is -2.54. The van der Waals surface area contributed by atoms with Gasteiger partial charge < -0.3 is 9.53 Å². The molecule has 0 saturated carbocycles. The molecule has 0 aromatic heterocycles. The van der Waals surface area contributed by atoms with E-state index in [2.05, 4.69) is 17.0 Å². The molecule has 3 atom stereocenters. The number of rotatable bonds is 1. The Morgan fingerprint density at radius 3 is 2.50 bits per heavy atom. The van der Waals surface area contributed by atoms with Crippen molar-refractivity contribution in [3.63, 3.8) is 0 Å². The third-order valence-electron chi connectivity index (χ3n) is 5.21. The van der Waals surface area contributed by atoms with Crippen molar-refractivity contribution >= 4 is 5.78 Å². The first-order chi connectivity index (χ1) is 10.4. The van der Waals surface area contributed by atoms with Gasteiger partial charge in [0.25, 0.3) is 0 Å². The van der Waals surface area contributed by atoms with E-state index in [1.807, 2.05) is 39.0 Å². The summed E-state index contributed by atoms with van der Waals surface area (Å²) in [6.45, 7) is 13.2. The molecule has 114 valence electrons. The van der Waals surface area contributed by atoms with Crippen molar-refractivity contribution in [1.29, 1.82) is 0 Å². The minimum absolute atomic E-state index is 0.0229. The second kappa shape index (κ2) is 5.07. The van der Waals surface area contributed by atoms with Gasteiger partial charge in [0.1, 0.15) is 0 Å². The number of Topliss-reactive ketones (excluding diaryl/α,β-unsaturated/α-hetero) is 1. The van der Waals surface area contributed by atoms with Crippen molar-refractivity contribution in [2.45, 2.75) is 45.3 Å². The molecule has 1 aromatic carbocycles. The lowest BCUT2D eigenvalue weighted by atomic mass is 9.60. The summed E-state index contributed by atoms with van der Waals surface area (Å²) in [5.41, 5.74) is 0.272. The van der Waals surface area contributed by atoms with Crippen molar-refractivity contribution in [2.75, 3.05) is 0 Å². The second-order valence-electron chi connectivity index (χ2n) is 7.02. The number of ketones is 1. The Balaban J connectivity index is 1.99. The van der Waals surface area contributed by atoms with Gasteiger partial charge in [-0.15, -0.1) is 0 Å². The number of allylic oxidation sites excluding steroid dienone is 1. The number of nitrogens with zero attached hydrogens (tertiary/aromatic N) is 1. The summed E-state index contributed by atoms with van der Waals surface area (Å²) < 4.78 is 6.41. The average molecular weight is 295 g/mol. The summed E-state index contributed by atoms with van der Waals surface area (Å²) in [4.78, 5) is 15.9. The molecule has 1 aliphatic carbocycles. The van der Waals surface area contributed by atoms with E-state index in [0.717, 1.165) is 18.4 Å². The molecule has 3 unspecified atom stereocenters. The van der Waals surface area contributed by atoms with Gasteiger partial charge in [-0.3, -0.25) is 0 Å². The van der Waals surface area contributed by atoms with Gasteiger partial charge in [0.2, 0.25) is 5.70 Å². The predicted molar refractivity (Wildman–Crippen MR) is 84.9 cm³/mol. The number of benzene rings is 1.